The predicted molar refractivity (Wildman–Crippen MR) is 76.7 cm³/mol. The number of carbonyl (C=O) groups excluding carboxylic acids is 1. The third-order valence-corrected chi connectivity index (χ3v) is 2.88. The Bertz CT molecular complexity index is 690. The van der Waals surface area contributed by atoms with E-state index in [0.29, 0.717) is 11.3 Å². The first-order valence-corrected chi connectivity index (χ1v) is 6.46. The van der Waals surface area contributed by atoms with Crippen LogP contribution in [0.5, 0.6) is 11.6 Å². The van der Waals surface area contributed by atoms with E-state index in [1.807, 2.05) is 13.8 Å². The molecule has 6 heteroatoms. The fourth-order valence-corrected chi connectivity index (χ4v) is 1.77. The highest BCUT2D eigenvalue weighted by molar-refractivity contribution is 5.89. The van der Waals surface area contributed by atoms with E-state index in [4.69, 9.17) is 4.74 Å². The summed E-state index contributed by atoms with van der Waals surface area (Å²) in [7, 11) is 1.31. The summed E-state index contributed by atoms with van der Waals surface area (Å²) in [6, 6.07) is 6.31. The van der Waals surface area contributed by atoms with Gasteiger partial charge in [-0.1, -0.05) is 0 Å². The smallest absolute Gasteiger partial charge is 0.337 e. The molecule has 0 radical (unpaired) electrons. The van der Waals surface area contributed by atoms with Gasteiger partial charge in [-0.2, -0.15) is 0 Å². The van der Waals surface area contributed by atoms with Crippen LogP contribution in [0, 0.1) is 0 Å². The van der Waals surface area contributed by atoms with Crippen LogP contribution < -0.4 is 10.3 Å². The SMILES string of the molecule is COC(=O)c1ccc(Oc2nccn(C(C)C)c2=O)cc1. The van der Waals surface area contributed by atoms with Gasteiger partial charge in [-0.3, -0.25) is 4.79 Å². The fourth-order valence-electron chi connectivity index (χ4n) is 1.77. The van der Waals surface area contributed by atoms with E-state index >= 15 is 0 Å². The van der Waals surface area contributed by atoms with E-state index in [2.05, 4.69) is 9.72 Å². The number of methoxy groups -OCH3 is 1. The van der Waals surface area contributed by atoms with E-state index in [9.17, 15) is 9.59 Å². The molecule has 0 amide bonds. The molecule has 0 aliphatic heterocycles. The minimum atomic E-state index is -0.429. The molecule has 6 nitrogen and oxygen atoms in total. The lowest BCUT2D eigenvalue weighted by Gasteiger charge is -2.11. The number of aromatic nitrogens is 2. The Morgan fingerprint density at radius 3 is 2.48 bits per heavy atom. The standard InChI is InChI=1S/C15H16N2O4/c1-10(2)17-9-8-16-13(14(17)18)21-12-6-4-11(5-7-12)15(19)20-3/h4-10H,1-3H3. The Labute approximate surface area is 122 Å². The molecule has 0 saturated heterocycles. The van der Waals surface area contributed by atoms with Gasteiger partial charge in [-0.05, 0) is 38.1 Å². The molecule has 0 atom stereocenters. The molecule has 0 unspecified atom stereocenters. The van der Waals surface area contributed by atoms with E-state index < -0.39 is 5.97 Å². The van der Waals surface area contributed by atoms with Gasteiger partial charge in [0.25, 0.3) is 5.88 Å². The van der Waals surface area contributed by atoms with Crippen LogP contribution in [0.2, 0.25) is 0 Å². The summed E-state index contributed by atoms with van der Waals surface area (Å²) in [4.78, 5) is 27.4. The topological polar surface area (TPSA) is 70.4 Å². The summed E-state index contributed by atoms with van der Waals surface area (Å²) in [5.41, 5.74) is 0.106. The summed E-state index contributed by atoms with van der Waals surface area (Å²) < 4.78 is 11.6. The Balaban J connectivity index is 2.25. The van der Waals surface area contributed by atoms with Gasteiger partial charge >= 0.3 is 11.5 Å². The van der Waals surface area contributed by atoms with Crippen molar-refractivity contribution in [3.05, 3.63) is 52.6 Å². The first-order valence-electron chi connectivity index (χ1n) is 6.46. The second-order valence-corrected chi connectivity index (χ2v) is 4.66. The molecule has 0 saturated carbocycles. The van der Waals surface area contributed by atoms with Gasteiger partial charge in [0.1, 0.15) is 5.75 Å². The maximum Gasteiger partial charge on any atom is 0.337 e. The molecule has 1 heterocycles. The maximum atomic E-state index is 12.1. The molecule has 0 aliphatic rings. The van der Waals surface area contributed by atoms with E-state index in [0.717, 1.165) is 0 Å². The average Bonchev–Trinajstić information content (AvgIpc) is 2.49. The Morgan fingerprint density at radius 1 is 1.24 bits per heavy atom. The van der Waals surface area contributed by atoms with Gasteiger partial charge in [0, 0.05) is 18.4 Å². The summed E-state index contributed by atoms with van der Waals surface area (Å²) >= 11 is 0. The highest BCUT2D eigenvalue weighted by Crippen LogP contribution is 2.17. The van der Waals surface area contributed by atoms with Crippen LogP contribution in [-0.2, 0) is 4.74 Å². The fraction of sp³-hybridized carbons (Fsp3) is 0.267. The van der Waals surface area contributed by atoms with Crippen LogP contribution in [-0.4, -0.2) is 22.6 Å². The number of nitrogens with zero attached hydrogens (tertiary/aromatic N) is 2. The van der Waals surface area contributed by atoms with Gasteiger partial charge in [0.2, 0.25) is 0 Å². The highest BCUT2D eigenvalue weighted by atomic mass is 16.5. The predicted octanol–water partition coefficient (Wildman–Crippen LogP) is 2.40. The van der Waals surface area contributed by atoms with Crippen molar-refractivity contribution in [3.8, 4) is 11.6 Å². The number of hydrogen-bond acceptors (Lipinski definition) is 5. The monoisotopic (exact) mass is 288 g/mol. The van der Waals surface area contributed by atoms with Crippen molar-refractivity contribution in [2.24, 2.45) is 0 Å². The summed E-state index contributed by atoms with van der Waals surface area (Å²) in [5.74, 6) is -0.00710. The lowest BCUT2D eigenvalue weighted by atomic mass is 10.2. The Kier molecular flexibility index (Phi) is 4.37. The zero-order valence-electron chi connectivity index (χ0n) is 12.1. The minimum Gasteiger partial charge on any atom is -0.465 e. The molecule has 0 fully saturated rings. The van der Waals surface area contributed by atoms with Crippen molar-refractivity contribution in [2.75, 3.05) is 7.11 Å². The van der Waals surface area contributed by atoms with Gasteiger partial charge in [0.05, 0.1) is 12.7 Å². The van der Waals surface area contributed by atoms with Crippen LogP contribution >= 0.6 is 0 Å². The molecule has 2 rings (SSSR count). The molecule has 0 bridgehead atoms. The second kappa shape index (κ2) is 6.21. The first-order chi connectivity index (χ1) is 10.0. The van der Waals surface area contributed by atoms with Gasteiger partial charge < -0.3 is 14.0 Å². The van der Waals surface area contributed by atoms with Crippen LogP contribution in [0.4, 0.5) is 0 Å². The first kappa shape index (κ1) is 14.8. The summed E-state index contributed by atoms with van der Waals surface area (Å²) in [6.45, 7) is 3.80. The number of hydrogen-bond donors (Lipinski definition) is 0. The van der Waals surface area contributed by atoms with Crippen LogP contribution in [0.1, 0.15) is 30.2 Å². The van der Waals surface area contributed by atoms with Crippen LogP contribution in [0.3, 0.4) is 0 Å². The molecule has 1 aromatic carbocycles. The van der Waals surface area contributed by atoms with Crippen molar-refractivity contribution >= 4 is 5.97 Å². The molecule has 110 valence electrons. The molecular formula is C15H16N2O4. The number of benzene rings is 1. The van der Waals surface area contributed by atoms with Crippen LogP contribution in [0.25, 0.3) is 0 Å². The normalized spacial score (nSPS) is 10.5. The van der Waals surface area contributed by atoms with E-state index in [-0.39, 0.29) is 17.5 Å². The highest BCUT2D eigenvalue weighted by Gasteiger charge is 2.10. The van der Waals surface area contributed by atoms with Crippen molar-refractivity contribution in [1.82, 2.24) is 9.55 Å². The molecule has 0 spiro atoms. The lowest BCUT2D eigenvalue weighted by Crippen LogP contribution is -2.23. The third-order valence-electron chi connectivity index (χ3n) is 2.88. The number of rotatable bonds is 4. The third kappa shape index (κ3) is 3.28. The molecule has 2 aromatic rings. The quantitative estimate of drug-likeness (QED) is 0.808. The van der Waals surface area contributed by atoms with Crippen molar-refractivity contribution in [2.45, 2.75) is 19.9 Å². The average molecular weight is 288 g/mol. The summed E-state index contributed by atoms with van der Waals surface area (Å²) in [6.07, 6.45) is 3.12. The van der Waals surface area contributed by atoms with Gasteiger partial charge in [0.15, 0.2) is 0 Å². The number of ether oxygens (including phenoxy) is 2. The largest absolute Gasteiger partial charge is 0.465 e. The van der Waals surface area contributed by atoms with E-state index in [1.165, 1.54) is 17.9 Å². The lowest BCUT2D eigenvalue weighted by molar-refractivity contribution is 0.0600. The Morgan fingerprint density at radius 2 is 1.90 bits per heavy atom. The molecular weight excluding hydrogens is 272 g/mol. The molecule has 1 aromatic heterocycles. The number of esters is 1. The van der Waals surface area contributed by atoms with Crippen molar-refractivity contribution in [3.63, 3.8) is 0 Å². The zero-order valence-corrected chi connectivity index (χ0v) is 12.1. The van der Waals surface area contributed by atoms with Crippen LogP contribution in [0.15, 0.2) is 41.5 Å². The zero-order chi connectivity index (χ0) is 15.4. The molecule has 0 aliphatic carbocycles. The van der Waals surface area contributed by atoms with E-state index in [1.54, 1.807) is 30.5 Å². The Hall–Kier alpha value is -2.63. The molecule has 21 heavy (non-hydrogen) atoms. The molecule has 0 N–H and O–H groups in total. The number of carbonyl (C=O) groups is 1. The summed E-state index contributed by atoms with van der Waals surface area (Å²) in [5, 5.41) is 0. The van der Waals surface area contributed by atoms with Gasteiger partial charge in [-0.15, -0.1) is 0 Å². The second-order valence-electron chi connectivity index (χ2n) is 4.66. The van der Waals surface area contributed by atoms with Crippen molar-refractivity contribution in [1.29, 1.82) is 0 Å². The van der Waals surface area contributed by atoms with Crippen molar-refractivity contribution < 1.29 is 14.3 Å². The van der Waals surface area contributed by atoms with Gasteiger partial charge in [-0.25, -0.2) is 9.78 Å². The maximum absolute atomic E-state index is 12.1. The minimum absolute atomic E-state index is 0.00276.